The molecule has 0 bridgehead atoms. The Bertz CT molecular complexity index is 637. The molecule has 0 aromatic carbocycles. The SMILES string of the molecule is Cc1noc(CC2CCN(C(=O)[C@H]3CC(=O)N(CCN(C)C)C3)CC2)n1. The zero-order valence-corrected chi connectivity index (χ0v) is 16.0. The standard InChI is InChI=1S/C18H29N5O3/c1-13-19-16(26-20-13)10-14-4-6-22(7-5-14)18(25)15-11-17(24)23(12-15)9-8-21(2)3/h14-15H,4-12H2,1-3H3/t15-/m0/s1. The summed E-state index contributed by atoms with van der Waals surface area (Å²) >= 11 is 0. The number of piperidine rings is 1. The topological polar surface area (TPSA) is 82.8 Å². The number of likely N-dealkylation sites (tertiary alicyclic amines) is 2. The Hall–Kier alpha value is -1.96. The lowest BCUT2D eigenvalue weighted by Crippen LogP contribution is -2.43. The van der Waals surface area contributed by atoms with Gasteiger partial charge in [0, 0.05) is 45.6 Å². The number of rotatable bonds is 6. The van der Waals surface area contributed by atoms with Gasteiger partial charge in [-0.25, -0.2) is 0 Å². The molecule has 0 unspecified atom stereocenters. The van der Waals surface area contributed by atoms with Crippen molar-refractivity contribution in [2.24, 2.45) is 11.8 Å². The van der Waals surface area contributed by atoms with E-state index in [0.717, 1.165) is 38.9 Å². The van der Waals surface area contributed by atoms with Crippen LogP contribution in [0.3, 0.4) is 0 Å². The van der Waals surface area contributed by atoms with E-state index in [-0.39, 0.29) is 17.7 Å². The van der Waals surface area contributed by atoms with E-state index in [9.17, 15) is 9.59 Å². The van der Waals surface area contributed by atoms with Crippen LogP contribution in [0.5, 0.6) is 0 Å². The summed E-state index contributed by atoms with van der Waals surface area (Å²) in [6.07, 6.45) is 3.02. The van der Waals surface area contributed by atoms with Crippen molar-refractivity contribution in [3.63, 3.8) is 0 Å². The second-order valence-corrected chi connectivity index (χ2v) is 7.75. The summed E-state index contributed by atoms with van der Waals surface area (Å²) in [6, 6.07) is 0. The fourth-order valence-corrected chi connectivity index (χ4v) is 3.76. The van der Waals surface area contributed by atoms with Crippen molar-refractivity contribution in [3.8, 4) is 0 Å². The Labute approximate surface area is 154 Å². The molecule has 0 N–H and O–H groups in total. The fraction of sp³-hybridized carbons (Fsp3) is 0.778. The van der Waals surface area contributed by atoms with Crippen molar-refractivity contribution < 1.29 is 14.1 Å². The number of aryl methyl sites for hydroxylation is 1. The maximum absolute atomic E-state index is 12.8. The van der Waals surface area contributed by atoms with Gasteiger partial charge in [0.25, 0.3) is 0 Å². The molecule has 1 atom stereocenters. The zero-order chi connectivity index (χ0) is 18.7. The van der Waals surface area contributed by atoms with Crippen LogP contribution in [-0.2, 0) is 16.0 Å². The Kier molecular flexibility index (Phi) is 5.90. The molecule has 2 fully saturated rings. The van der Waals surface area contributed by atoms with Crippen molar-refractivity contribution in [3.05, 3.63) is 11.7 Å². The van der Waals surface area contributed by atoms with Crippen molar-refractivity contribution in [1.29, 1.82) is 0 Å². The molecule has 0 saturated carbocycles. The number of nitrogens with zero attached hydrogens (tertiary/aromatic N) is 5. The van der Waals surface area contributed by atoms with Gasteiger partial charge in [0.1, 0.15) is 0 Å². The smallest absolute Gasteiger partial charge is 0.227 e. The van der Waals surface area contributed by atoms with Crippen LogP contribution in [0.15, 0.2) is 4.52 Å². The molecule has 8 heteroatoms. The van der Waals surface area contributed by atoms with Crippen LogP contribution in [0.25, 0.3) is 0 Å². The molecule has 3 heterocycles. The first-order valence-corrected chi connectivity index (χ1v) is 9.43. The van der Waals surface area contributed by atoms with Gasteiger partial charge in [0.05, 0.1) is 5.92 Å². The van der Waals surface area contributed by atoms with E-state index in [1.165, 1.54) is 0 Å². The van der Waals surface area contributed by atoms with E-state index in [4.69, 9.17) is 4.52 Å². The fourth-order valence-electron chi connectivity index (χ4n) is 3.76. The minimum atomic E-state index is -0.181. The quantitative estimate of drug-likeness (QED) is 0.735. The Balaban J connectivity index is 1.45. The minimum Gasteiger partial charge on any atom is -0.342 e. The maximum Gasteiger partial charge on any atom is 0.227 e. The van der Waals surface area contributed by atoms with Gasteiger partial charge >= 0.3 is 0 Å². The predicted molar refractivity (Wildman–Crippen MR) is 95.3 cm³/mol. The third kappa shape index (κ3) is 4.60. The van der Waals surface area contributed by atoms with Gasteiger partial charge in [0.2, 0.25) is 17.7 Å². The molecule has 2 aliphatic rings. The molecule has 8 nitrogen and oxygen atoms in total. The molecule has 2 amide bonds. The summed E-state index contributed by atoms with van der Waals surface area (Å²) < 4.78 is 5.20. The van der Waals surface area contributed by atoms with Gasteiger partial charge in [-0.15, -0.1) is 0 Å². The molecule has 26 heavy (non-hydrogen) atoms. The lowest BCUT2D eigenvalue weighted by atomic mass is 9.92. The molecule has 2 saturated heterocycles. The largest absolute Gasteiger partial charge is 0.342 e. The number of hydrogen-bond donors (Lipinski definition) is 0. The second-order valence-electron chi connectivity index (χ2n) is 7.75. The van der Waals surface area contributed by atoms with Crippen molar-refractivity contribution >= 4 is 11.8 Å². The third-order valence-corrected chi connectivity index (χ3v) is 5.34. The molecular weight excluding hydrogens is 334 g/mol. The van der Waals surface area contributed by atoms with Crippen LogP contribution < -0.4 is 0 Å². The van der Waals surface area contributed by atoms with Crippen molar-refractivity contribution in [1.82, 2.24) is 24.8 Å². The first kappa shape index (κ1) is 18.8. The summed E-state index contributed by atoms with van der Waals surface area (Å²) in [5, 5.41) is 3.83. The number of carbonyl (C=O) groups excluding carboxylic acids is 2. The van der Waals surface area contributed by atoms with E-state index >= 15 is 0 Å². The molecule has 1 aromatic rings. The van der Waals surface area contributed by atoms with E-state index in [1.54, 1.807) is 0 Å². The van der Waals surface area contributed by atoms with Crippen LogP contribution in [0.1, 0.15) is 31.0 Å². The molecule has 0 aliphatic carbocycles. The maximum atomic E-state index is 12.8. The summed E-state index contributed by atoms with van der Waals surface area (Å²) in [6.45, 7) is 5.40. The van der Waals surface area contributed by atoms with E-state index in [1.807, 2.05) is 30.8 Å². The molecule has 0 spiro atoms. The average molecular weight is 363 g/mol. The monoisotopic (exact) mass is 363 g/mol. The average Bonchev–Trinajstić information content (AvgIpc) is 3.18. The van der Waals surface area contributed by atoms with Crippen LogP contribution in [-0.4, -0.2) is 83.5 Å². The predicted octanol–water partition coefficient (Wildman–Crippen LogP) is 0.569. The van der Waals surface area contributed by atoms with Gasteiger partial charge in [-0.2, -0.15) is 4.98 Å². The van der Waals surface area contributed by atoms with Crippen LogP contribution >= 0.6 is 0 Å². The van der Waals surface area contributed by atoms with Crippen molar-refractivity contribution in [2.45, 2.75) is 32.6 Å². The number of likely N-dealkylation sites (N-methyl/N-ethyl adjacent to an activating group) is 1. The minimum absolute atomic E-state index is 0.104. The highest BCUT2D eigenvalue weighted by Crippen LogP contribution is 2.25. The van der Waals surface area contributed by atoms with Gasteiger partial charge < -0.3 is 19.2 Å². The van der Waals surface area contributed by atoms with Gasteiger partial charge in [-0.3, -0.25) is 9.59 Å². The summed E-state index contributed by atoms with van der Waals surface area (Å²) in [7, 11) is 3.98. The number of carbonyl (C=O) groups is 2. The number of aromatic nitrogens is 2. The third-order valence-electron chi connectivity index (χ3n) is 5.34. The Morgan fingerprint density at radius 3 is 2.65 bits per heavy atom. The first-order chi connectivity index (χ1) is 12.4. The Morgan fingerprint density at radius 1 is 1.31 bits per heavy atom. The highest BCUT2D eigenvalue weighted by Gasteiger charge is 2.37. The molecule has 2 aliphatic heterocycles. The Morgan fingerprint density at radius 2 is 2.04 bits per heavy atom. The molecule has 1 aromatic heterocycles. The van der Waals surface area contributed by atoms with Crippen molar-refractivity contribution in [2.75, 3.05) is 46.8 Å². The lowest BCUT2D eigenvalue weighted by Gasteiger charge is -2.33. The van der Waals surface area contributed by atoms with Gasteiger partial charge in [-0.1, -0.05) is 5.16 Å². The number of hydrogen-bond acceptors (Lipinski definition) is 6. The summed E-state index contributed by atoms with van der Waals surface area (Å²) in [5.74, 6) is 1.88. The van der Waals surface area contributed by atoms with Crippen LogP contribution in [0.4, 0.5) is 0 Å². The number of amides is 2. The second kappa shape index (κ2) is 8.16. The van der Waals surface area contributed by atoms with E-state index < -0.39 is 0 Å². The van der Waals surface area contributed by atoms with E-state index in [2.05, 4.69) is 15.0 Å². The molecule has 0 radical (unpaired) electrons. The summed E-state index contributed by atoms with van der Waals surface area (Å²) in [5.41, 5.74) is 0. The van der Waals surface area contributed by atoms with Gasteiger partial charge in [0.15, 0.2) is 5.82 Å². The summed E-state index contributed by atoms with van der Waals surface area (Å²) in [4.78, 5) is 35.0. The lowest BCUT2D eigenvalue weighted by molar-refractivity contribution is -0.137. The van der Waals surface area contributed by atoms with Gasteiger partial charge in [-0.05, 0) is 39.8 Å². The normalized spacial score (nSPS) is 21.8. The zero-order valence-electron chi connectivity index (χ0n) is 16.0. The highest BCUT2D eigenvalue weighted by atomic mass is 16.5. The first-order valence-electron chi connectivity index (χ1n) is 9.43. The highest BCUT2D eigenvalue weighted by molar-refractivity contribution is 5.89. The molecule has 144 valence electrons. The van der Waals surface area contributed by atoms with Crippen LogP contribution in [0, 0.1) is 18.8 Å². The van der Waals surface area contributed by atoms with E-state index in [0.29, 0.717) is 37.1 Å². The molecule has 3 rings (SSSR count). The van der Waals surface area contributed by atoms with Crippen LogP contribution in [0.2, 0.25) is 0 Å². The molecular formula is C18H29N5O3.